The average molecular weight is 391 g/mol. The number of hydrogen-bond donors (Lipinski definition) is 1. The van der Waals surface area contributed by atoms with Crippen molar-refractivity contribution in [3.05, 3.63) is 40.0 Å². The molecule has 1 aromatic carbocycles. The van der Waals surface area contributed by atoms with Crippen LogP contribution in [0.2, 0.25) is 0 Å². The molecule has 24 heavy (non-hydrogen) atoms. The summed E-state index contributed by atoms with van der Waals surface area (Å²) in [7, 11) is 0. The number of aryl methyl sites for hydroxylation is 1. The van der Waals surface area contributed by atoms with E-state index in [0.29, 0.717) is 24.9 Å². The van der Waals surface area contributed by atoms with Crippen LogP contribution in [0, 0.1) is 12.3 Å². The second-order valence-corrected chi connectivity index (χ2v) is 7.58. The van der Waals surface area contributed by atoms with Crippen LogP contribution in [-0.2, 0) is 4.79 Å². The van der Waals surface area contributed by atoms with Crippen molar-refractivity contribution in [1.29, 1.82) is 0 Å². The minimum absolute atomic E-state index is 0.129. The first kappa shape index (κ1) is 16.9. The molecule has 2 heterocycles. The summed E-state index contributed by atoms with van der Waals surface area (Å²) < 4.78 is 0.878. The number of carbonyl (C=O) groups excluding carboxylic acids is 1. The lowest BCUT2D eigenvalue weighted by Gasteiger charge is -2.37. The van der Waals surface area contributed by atoms with E-state index in [1.807, 2.05) is 25.1 Å². The standard InChI is InChI=1S/C18H19BrN2O3/c1-11-8-14(13-9-12(19)4-5-15(13)20-11)16(22)21-7-3-6-18(2,10-21)17(23)24/h4-5,8-9H,3,6-7,10H2,1-2H3,(H,23,24). The summed E-state index contributed by atoms with van der Waals surface area (Å²) in [5.74, 6) is -0.978. The van der Waals surface area contributed by atoms with Gasteiger partial charge in [-0.2, -0.15) is 0 Å². The van der Waals surface area contributed by atoms with E-state index in [9.17, 15) is 14.7 Å². The summed E-state index contributed by atoms with van der Waals surface area (Å²) in [6, 6.07) is 7.44. The molecule has 0 aliphatic carbocycles. The Morgan fingerprint density at radius 1 is 1.33 bits per heavy atom. The Morgan fingerprint density at radius 3 is 2.79 bits per heavy atom. The lowest BCUT2D eigenvalue weighted by Crippen LogP contribution is -2.48. The highest BCUT2D eigenvalue weighted by Gasteiger charge is 2.39. The SMILES string of the molecule is Cc1cc(C(=O)N2CCCC(C)(C(=O)O)C2)c2cc(Br)ccc2n1. The molecule has 6 heteroatoms. The third-order valence-corrected chi connectivity index (χ3v) is 5.12. The summed E-state index contributed by atoms with van der Waals surface area (Å²) in [6.07, 6.45) is 1.29. The van der Waals surface area contributed by atoms with Gasteiger partial charge in [0.25, 0.3) is 5.91 Å². The van der Waals surface area contributed by atoms with Crippen LogP contribution in [-0.4, -0.2) is 40.0 Å². The zero-order valence-corrected chi connectivity index (χ0v) is 15.3. The quantitative estimate of drug-likeness (QED) is 0.849. The van der Waals surface area contributed by atoms with Crippen molar-refractivity contribution in [2.45, 2.75) is 26.7 Å². The van der Waals surface area contributed by atoms with Gasteiger partial charge in [-0.3, -0.25) is 14.6 Å². The van der Waals surface area contributed by atoms with E-state index in [0.717, 1.165) is 21.1 Å². The zero-order valence-electron chi connectivity index (χ0n) is 13.7. The van der Waals surface area contributed by atoms with Crippen molar-refractivity contribution in [3.63, 3.8) is 0 Å². The third kappa shape index (κ3) is 3.02. The Morgan fingerprint density at radius 2 is 2.08 bits per heavy atom. The Kier molecular flexibility index (Phi) is 4.34. The topological polar surface area (TPSA) is 70.5 Å². The summed E-state index contributed by atoms with van der Waals surface area (Å²) in [4.78, 5) is 30.8. The second kappa shape index (κ2) is 6.16. The number of carbonyl (C=O) groups is 2. The van der Waals surface area contributed by atoms with Crippen LogP contribution in [0.15, 0.2) is 28.7 Å². The summed E-state index contributed by atoms with van der Waals surface area (Å²) in [5, 5.41) is 10.2. The number of aromatic nitrogens is 1. The van der Waals surface area contributed by atoms with Gasteiger partial charge in [0.05, 0.1) is 16.5 Å². The van der Waals surface area contributed by atoms with Gasteiger partial charge in [0.1, 0.15) is 0 Å². The number of rotatable bonds is 2. The van der Waals surface area contributed by atoms with Gasteiger partial charge in [0, 0.05) is 28.6 Å². The number of fused-ring (bicyclic) bond motifs is 1. The molecule has 0 bridgehead atoms. The molecule has 3 rings (SSSR count). The summed E-state index contributed by atoms with van der Waals surface area (Å²) in [5.41, 5.74) is 1.23. The number of nitrogens with zero attached hydrogens (tertiary/aromatic N) is 2. The molecule has 0 saturated carbocycles. The molecule has 0 radical (unpaired) electrons. The Labute approximate surface area is 148 Å². The molecular formula is C18H19BrN2O3. The minimum atomic E-state index is -0.883. The molecule has 5 nitrogen and oxygen atoms in total. The van der Waals surface area contributed by atoms with Gasteiger partial charge in [0.2, 0.25) is 0 Å². The molecule has 1 atom stereocenters. The molecule has 1 unspecified atom stereocenters. The van der Waals surface area contributed by atoms with E-state index < -0.39 is 11.4 Å². The van der Waals surface area contributed by atoms with Crippen LogP contribution < -0.4 is 0 Å². The highest BCUT2D eigenvalue weighted by atomic mass is 79.9. The molecule has 1 aliphatic rings. The minimum Gasteiger partial charge on any atom is -0.481 e. The molecule has 1 aromatic heterocycles. The monoisotopic (exact) mass is 390 g/mol. The summed E-state index contributed by atoms with van der Waals surface area (Å²) in [6.45, 7) is 4.38. The van der Waals surface area contributed by atoms with Crippen LogP contribution in [0.1, 0.15) is 35.8 Å². The Hall–Kier alpha value is -1.95. The van der Waals surface area contributed by atoms with Gasteiger partial charge in [-0.15, -0.1) is 0 Å². The van der Waals surface area contributed by atoms with E-state index >= 15 is 0 Å². The number of carboxylic acid groups (broad SMARTS) is 1. The number of benzene rings is 1. The number of likely N-dealkylation sites (tertiary alicyclic amines) is 1. The Bertz CT molecular complexity index is 836. The number of carboxylic acids is 1. The first-order chi connectivity index (χ1) is 11.3. The van der Waals surface area contributed by atoms with Crippen molar-refractivity contribution in [2.24, 2.45) is 5.41 Å². The van der Waals surface area contributed by atoms with Crippen LogP contribution in [0.4, 0.5) is 0 Å². The molecule has 1 fully saturated rings. The van der Waals surface area contributed by atoms with Gasteiger partial charge in [0.15, 0.2) is 0 Å². The first-order valence-electron chi connectivity index (χ1n) is 7.90. The van der Waals surface area contributed by atoms with Gasteiger partial charge in [-0.25, -0.2) is 0 Å². The molecule has 0 spiro atoms. The Balaban J connectivity index is 2.02. The molecule has 1 aliphatic heterocycles. The number of piperidine rings is 1. The fraction of sp³-hybridized carbons (Fsp3) is 0.389. The molecule has 1 saturated heterocycles. The van der Waals surface area contributed by atoms with Gasteiger partial charge in [-0.1, -0.05) is 15.9 Å². The largest absolute Gasteiger partial charge is 0.481 e. The fourth-order valence-electron chi connectivity index (χ4n) is 3.27. The highest BCUT2D eigenvalue weighted by Crippen LogP contribution is 2.32. The van der Waals surface area contributed by atoms with Gasteiger partial charge < -0.3 is 10.0 Å². The number of halogens is 1. The third-order valence-electron chi connectivity index (χ3n) is 4.63. The van der Waals surface area contributed by atoms with Crippen molar-refractivity contribution < 1.29 is 14.7 Å². The second-order valence-electron chi connectivity index (χ2n) is 6.67. The van der Waals surface area contributed by atoms with E-state index in [1.54, 1.807) is 17.9 Å². The maximum absolute atomic E-state index is 13.1. The fourth-order valence-corrected chi connectivity index (χ4v) is 3.63. The van der Waals surface area contributed by atoms with Gasteiger partial charge >= 0.3 is 5.97 Å². The van der Waals surface area contributed by atoms with E-state index in [1.165, 1.54) is 0 Å². The highest BCUT2D eigenvalue weighted by molar-refractivity contribution is 9.10. The van der Waals surface area contributed by atoms with Crippen LogP contribution >= 0.6 is 15.9 Å². The number of pyridine rings is 1. The van der Waals surface area contributed by atoms with E-state index in [-0.39, 0.29) is 12.5 Å². The smallest absolute Gasteiger partial charge is 0.311 e. The molecular weight excluding hydrogens is 372 g/mol. The number of hydrogen-bond acceptors (Lipinski definition) is 3. The average Bonchev–Trinajstić information content (AvgIpc) is 2.54. The maximum atomic E-state index is 13.1. The van der Waals surface area contributed by atoms with Crippen LogP contribution in [0.3, 0.4) is 0 Å². The predicted octanol–water partition coefficient (Wildman–Crippen LogP) is 3.63. The molecule has 1 N–H and O–H groups in total. The molecule has 1 amide bonds. The van der Waals surface area contributed by atoms with Gasteiger partial charge in [-0.05, 0) is 51.0 Å². The van der Waals surface area contributed by atoms with E-state index in [4.69, 9.17) is 0 Å². The normalized spacial score (nSPS) is 21.0. The summed E-state index contributed by atoms with van der Waals surface area (Å²) >= 11 is 3.44. The first-order valence-corrected chi connectivity index (χ1v) is 8.69. The zero-order chi connectivity index (χ0) is 17.5. The van der Waals surface area contributed by atoms with Crippen molar-refractivity contribution in [2.75, 3.05) is 13.1 Å². The van der Waals surface area contributed by atoms with Crippen molar-refractivity contribution in [1.82, 2.24) is 9.88 Å². The predicted molar refractivity (Wildman–Crippen MR) is 95.1 cm³/mol. The molecule has 126 valence electrons. The number of amides is 1. The van der Waals surface area contributed by atoms with Crippen molar-refractivity contribution >= 4 is 38.7 Å². The number of aliphatic carboxylic acids is 1. The lowest BCUT2D eigenvalue weighted by molar-refractivity contribution is -0.150. The van der Waals surface area contributed by atoms with Crippen LogP contribution in [0.25, 0.3) is 10.9 Å². The van der Waals surface area contributed by atoms with Crippen LogP contribution in [0.5, 0.6) is 0 Å². The molecule has 2 aromatic rings. The van der Waals surface area contributed by atoms with E-state index in [2.05, 4.69) is 20.9 Å². The lowest BCUT2D eigenvalue weighted by atomic mass is 9.82. The van der Waals surface area contributed by atoms with Crippen molar-refractivity contribution in [3.8, 4) is 0 Å². The maximum Gasteiger partial charge on any atom is 0.311 e.